The van der Waals surface area contributed by atoms with E-state index in [0.29, 0.717) is 0 Å². The van der Waals surface area contributed by atoms with Crippen LogP contribution in [0.15, 0.2) is 0 Å². The van der Waals surface area contributed by atoms with Gasteiger partial charge in [-0.15, -0.1) is 0 Å². The van der Waals surface area contributed by atoms with Crippen molar-refractivity contribution in [2.24, 2.45) is 16.5 Å². The minimum atomic E-state index is -1.12. The maximum absolute atomic E-state index is 4.73. The second-order valence-electron chi connectivity index (χ2n) is 0.447. The average Bonchev–Trinajstić information content (AvgIpc) is 0.811. The molecule has 0 saturated carbocycles. The van der Waals surface area contributed by atoms with Crippen molar-refractivity contribution in [2.75, 3.05) is 0 Å². The highest BCUT2D eigenvalue weighted by Crippen LogP contribution is 1.89. The van der Waals surface area contributed by atoms with Crippen molar-refractivity contribution in [1.82, 2.24) is 0 Å². The molecule has 3 nitrogen and oxygen atoms in total. The van der Waals surface area contributed by atoms with Crippen molar-refractivity contribution in [2.45, 2.75) is 0 Å². The third kappa shape index (κ3) is 65.0. The van der Waals surface area contributed by atoms with E-state index < -0.39 is 8.37 Å². The molecule has 5 heavy (non-hydrogen) atoms. The van der Waals surface area contributed by atoms with Crippen LogP contribution in [0.2, 0.25) is 0 Å². The Hall–Kier alpha value is 0.740. The van der Waals surface area contributed by atoms with Gasteiger partial charge < -0.3 is 0 Å². The van der Waals surface area contributed by atoms with Crippen LogP contribution in [0.4, 0.5) is 0 Å². The normalized spacial score (nSPS) is 7.20. The molecule has 0 aromatic heterocycles. The molecule has 0 aromatic rings. The highest BCUT2D eigenvalue weighted by molar-refractivity contribution is 7.49. The zero-order chi connectivity index (χ0) is 3.58. The van der Waals surface area contributed by atoms with Gasteiger partial charge in [0.1, 0.15) is 8.37 Å². The summed E-state index contributed by atoms with van der Waals surface area (Å²) in [6.07, 6.45) is 0. The molecular weight excluding hydrogens is 104 g/mol. The summed E-state index contributed by atoms with van der Waals surface area (Å²) in [5.74, 6) is 0. The first-order valence-corrected chi connectivity index (χ1v) is 2.32. The van der Waals surface area contributed by atoms with Gasteiger partial charge in [0.2, 0.25) is 0 Å². The van der Waals surface area contributed by atoms with Gasteiger partial charge in [-0.2, -0.15) is 9.90 Å². The Morgan fingerprint density at radius 2 is 1.00 bits per heavy atom. The van der Waals surface area contributed by atoms with Gasteiger partial charge in [-0.25, -0.2) is 0 Å². The lowest BCUT2D eigenvalue weighted by atomic mass is 13.8. The topological polar surface area (TPSA) is 78.1 Å². The summed E-state index contributed by atoms with van der Waals surface area (Å²) >= 11 is 0. The molecule has 0 rings (SSSR count). The van der Waals surface area contributed by atoms with Crippen molar-refractivity contribution in [1.29, 1.82) is 0 Å². The second-order valence-corrected chi connectivity index (χ2v) is 1.34. The van der Waals surface area contributed by atoms with E-state index in [9.17, 15) is 0 Å². The number of rotatable bonds is 0. The molecule has 0 fully saturated rings. The lowest BCUT2D eigenvalue weighted by molar-refractivity contribution is 1.69. The molecule has 34 valence electrons. The van der Waals surface area contributed by atoms with Gasteiger partial charge >= 0.3 is 0 Å². The molecule has 0 amide bonds. The van der Waals surface area contributed by atoms with Crippen LogP contribution in [0, 0.1) is 0 Å². The van der Waals surface area contributed by atoms with E-state index >= 15 is 0 Å². The van der Waals surface area contributed by atoms with E-state index in [1.165, 1.54) is 0 Å². The first-order chi connectivity index (χ1) is 1.73. The Labute approximate surface area is 35.8 Å². The summed E-state index contributed by atoms with van der Waals surface area (Å²) in [5.41, 5.74) is 14.2. The quantitative estimate of drug-likeness (QED) is 0.358. The van der Waals surface area contributed by atoms with Gasteiger partial charge in [0.25, 0.3) is 0 Å². The molecule has 1 atom stereocenters. The first kappa shape index (κ1) is 9.22. The van der Waals surface area contributed by atoms with Crippen molar-refractivity contribution >= 4 is 18.3 Å². The molecule has 5 heteroatoms. The SMILES string of the molecule is NP(N)N.P. The third-order valence-electron chi connectivity index (χ3n) is 0. The molecule has 0 aliphatic carbocycles. The zero-order valence-corrected chi connectivity index (χ0v) is 5.20. The van der Waals surface area contributed by atoms with Crippen molar-refractivity contribution in [3.63, 3.8) is 0 Å². The molecule has 0 bridgehead atoms. The fourth-order valence-corrected chi connectivity index (χ4v) is 0. The first-order valence-electron chi connectivity index (χ1n) is 0.775. The van der Waals surface area contributed by atoms with Crippen molar-refractivity contribution in [3.05, 3.63) is 0 Å². The highest BCUT2D eigenvalue weighted by atomic mass is 31.1. The number of hydrogen-bond acceptors (Lipinski definition) is 3. The summed E-state index contributed by atoms with van der Waals surface area (Å²) in [4.78, 5) is 0. The molecule has 6 N–H and O–H groups in total. The van der Waals surface area contributed by atoms with Gasteiger partial charge in [0.05, 0.1) is 0 Å². The lowest BCUT2D eigenvalue weighted by Gasteiger charge is -1.83. The van der Waals surface area contributed by atoms with E-state index in [-0.39, 0.29) is 9.90 Å². The Morgan fingerprint density at radius 3 is 1.00 bits per heavy atom. The monoisotopic (exact) mass is 113 g/mol. The Balaban J connectivity index is 0. The summed E-state index contributed by atoms with van der Waals surface area (Å²) in [5, 5.41) is 0. The minimum Gasteiger partial charge on any atom is -0.285 e. The standard InChI is InChI=1S/H6N3P.H3P/c1-4(2)3;/h1-3H2;1H3. The van der Waals surface area contributed by atoms with Crippen LogP contribution in [0.3, 0.4) is 0 Å². The fourth-order valence-electron chi connectivity index (χ4n) is 0. The Kier molecular flexibility index (Phi) is 8.74. The van der Waals surface area contributed by atoms with Gasteiger partial charge in [-0.3, -0.25) is 16.5 Å². The van der Waals surface area contributed by atoms with Gasteiger partial charge in [-0.05, 0) is 0 Å². The molecule has 0 aromatic carbocycles. The summed E-state index contributed by atoms with van der Waals surface area (Å²) in [6.45, 7) is 0. The van der Waals surface area contributed by atoms with Gasteiger partial charge in [0, 0.05) is 0 Å². The van der Waals surface area contributed by atoms with Crippen LogP contribution in [0.25, 0.3) is 0 Å². The molecular formula is H9N3P2. The lowest BCUT2D eigenvalue weighted by Crippen LogP contribution is -2.05. The molecule has 1 unspecified atom stereocenters. The van der Waals surface area contributed by atoms with E-state index in [1.807, 2.05) is 0 Å². The number of nitrogens with two attached hydrogens (primary N) is 3. The average molecular weight is 113 g/mol. The van der Waals surface area contributed by atoms with Crippen LogP contribution >= 0.6 is 18.3 Å². The molecule has 0 aliphatic rings. The molecule has 0 heterocycles. The van der Waals surface area contributed by atoms with Gasteiger partial charge in [0.15, 0.2) is 0 Å². The largest absolute Gasteiger partial charge is 0.285 e. The molecule has 0 saturated heterocycles. The molecule has 0 spiro atoms. The zero-order valence-electron chi connectivity index (χ0n) is 2.89. The maximum atomic E-state index is 4.73. The van der Waals surface area contributed by atoms with Crippen molar-refractivity contribution in [3.8, 4) is 0 Å². The van der Waals surface area contributed by atoms with E-state index in [2.05, 4.69) is 0 Å². The van der Waals surface area contributed by atoms with Crippen LogP contribution in [0.1, 0.15) is 0 Å². The summed E-state index contributed by atoms with van der Waals surface area (Å²) < 4.78 is 0. The van der Waals surface area contributed by atoms with Crippen molar-refractivity contribution < 1.29 is 0 Å². The van der Waals surface area contributed by atoms with Gasteiger partial charge in [-0.1, -0.05) is 0 Å². The van der Waals surface area contributed by atoms with Crippen LogP contribution in [-0.4, -0.2) is 0 Å². The Bertz CT molecular complexity index is 9.61. The highest BCUT2D eigenvalue weighted by Gasteiger charge is 1.65. The van der Waals surface area contributed by atoms with Crippen LogP contribution in [0.5, 0.6) is 0 Å². The van der Waals surface area contributed by atoms with E-state index in [4.69, 9.17) is 16.5 Å². The summed E-state index contributed by atoms with van der Waals surface area (Å²) in [6, 6.07) is 0. The van der Waals surface area contributed by atoms with E-state index in [0.717, 1.165) is 0 Å². The second kappa shape index (κ2) is 4.74. The van der Waals surface area contributed by atoms with Crippen LogP contribution < -0.4 is 16.5 Å². The van der Waals surface area contributed by atoms with E-state index in [1.54, 1.807) is 0 Å². The molecule has 0 radical (unpaired) electrons. The molecule has 0 aliphatic heterocycles. The maximum Gasteiger partial charge on any atom is 0.103 e. The predicted molar refractivity (Wildman–Crippen MR) is 30.6 cm³/mol. The Morgan fingerprint density at radius 1 is 1.00 bits per heavy atom. The summed E-state index contributed by atoms with van der Waals surface area (Å²) in [7, 11) is -1.12. The predicted octanol–water partition coefficient (Wildman–Crippen LogP) is -0.853. The third-order valence-corrected chi connectivity index (χ3v) is 0. The number of hydrogen-bond donors (Lipinski definition) is 3. The smallest absolute Gasteiger partial charge is 0.103 e. The minimum absolute atomic E-state index is 0. The van der Waals surface area contributed by atoms with Crippen LogP contribution in [-0.2, 0) is 0 Å². The fraction of sp³-hybridized carbons (Fsp3) is 0.